The van der Waals surface area contributed by atoms with Crippen LogP contribution in [-0.4, -0.2) is 89.5 Å². The summed E-state index contributed by atoms with van der Waals surface area (Å²) >= 11 is 1.48. The zero-order chi connectivity index (χ0) is 26.8. The maximum Gasteiger partial charge on any atom is 0.258 e. The highest BCUT2D eigenvalue weighted by atomic mass is 32.1. The van der Waals surface area contributed by atoms with Crippen molar-refractivity contribution < 1.29 is 4.79 Å². The quantitative estimate of drug-likeness (QED) is 0.422. The minimum Gasteiger partial charge on any atom is -0.349 e. The fourth-order valence-electron chi connectivity index (χ4n) is 7.02. The Morgan fingerprint density at radius 3 is 2.49 bits per heavy atom. The normalized spacial score (nSPS) is 25.8. The smallest absolute Gasteiger partial charge is 0.258 e. The third-order valence-corrected chi connectivity index (χ3v) is 10.3. The molecule has 10 heteroatoms. The molecular weight excluding hydrogens is 510 g/mol. The maximum atomic E-state index is 13.9. The van der Waals surface area contributed by atoms with Gasteiger partial charge in [-0.15, -0.1) is 11.3 Å². The Labute approximate surface area is 231 Å². The summed E-state index contributed by atoms with van der Waals surface area (Å²) in [5, 5.41) is 3.59. The number of hydrogen-bond acceptors (Lipinski definition) is 8. The van der Waals surface area contributed by atoms with Crippen LogP contribution in [0.4, 0.5) is 5.95 Å². The topological polar surface area (TPSA) is 86.1 Å². The fraction of sp³-hybridized carbons (Fsp3) is 0.517. The second-order valence-corrected chi connectivity index (χ2v) is 12.9. The zero-order valence-electron chi connectivity index (χ0n) is 22.8. The van der Waals surface area contributed by atoms with E-state index in [1.807, 2.05) is 28.7 Å². The average molecular weight is 546 g/mol. The first-order valence-electron chi connectivity index (χ1n) is 14.0. The van der Waals surface area contributed by atoms with Crippen LogP contribution in [0.5, 0.6) is 0 Å². The summed E-state index contributed by atoms with van der Waals surface area (Å²) in [6.45, 7) is 4.06. The van der Waals surface area contributed by atoms with Crippen molar-refractivity contribution in [2.24, 2.45) is 11.8 Å². The molecule has 2 atom stereocenters. The lowest BCUT2D eigenvalue weighted by atomic mass is 9.90. The molecule has 4 aromatic rings. The van der Waals surface area contributed by atoms with Gasteiger partial charge in [-0.25, -0.2) is 4.98 Å². The molecule has 5 heterocycles. The van der Waals surface area contributed by atoms with Gasteiger partial charge < -0.3 is 20.0 Å². The van der Waals surface area contributed by atoms with Crippen LogP contribution in [0.1, 0.15) is 36.0 Å². The predicted molar refractivity (Wildman–Crippen MR) is 156 cm³/mol. The highest BCUT2D eigenvalue weighted by molar-refractivity contribution is 7.24. The SMILES string of the molecule is CN1CC2CN(c3ncc4c(=O)c(C(=O)NC5CCC(N(C)C)CC5)c5sc6ccccc6n5c4n3)CC2C1. The number of aromatic nitrogens is 3. The first-order valence-corrected chi connectivity index (χ1v) is 14.8. The molecule has 3 fully saturated rings. The standard InChI is InChI=1S/C29H35N7O2S/c1-33(2)20-10-8-19(9-11-20)31-27(38)24-25(37)21-12-30-29(35-15-17-13-34(3)14-18(17)16-35)32-26(21)36-22-6-4-5-7-23(22)39-28(24)36/h4-7,12,17-20H,8-11,13-16H2,1-3H3,(H,31,38). The first-order chi connectivity index (χ1) is 18.9. The number of nitrogens with zero attached hydrogens (tertiary/aromatic N) is 6. The van der Waals surface area contributed by atoms with Crippen molar-refractivity contribution in [1.29, 1.82) is 0 Å². The van der Waals surface area contributed by atoms with E-state index in [0.29, 0.717) is 39.7 Å². The van der Waals surface area contributed by atoms with Gasteiger partial charge in [0.05, 0.1) is 15.6 Å². The summed E-state index contributed by atoms with van der Waals surface area (Å²) in [6.07, 6.45) is 5.55. The lowest BCUT2D eigenvalue weighted by Gasteiger charge is -2.32. The van der Waals surface area contributed by atoms with E-state index in [-0.39, 0.29) is 22.9 Å². The van der Waals surface area contributed by atoms with Gasteiger partial charge in [-0.2, -0.15) is 4.98 Å². The Kier molecular flexibility index (Phi) is 6.09. The summed E-state index contributed by atoms with van der Waals surface area (Å²) in [5.41, 5.74) is 1.44. The Bertz CT molecular complexity index is 1620. The van der Waals surface area contributed by atoms with Crippen molar-refractivity contribution in [3.05, 3.63) is 46.2 Å². The highest BCUT2D eigenvalue weighted by Gasteiger charge is 2.39. The number of rotatable bonds is 4. The van der Waals surface area contributed by atoms with Crippen LogP contribution in [0, 0.1) is 11.8 Å². The molecule has 0 spiro atoms. The van der Waals surface area contributed by atoms with Gasteiger partial charge >= 0.3 is 0 Å². The third-order valence-electron chi connectivity index (χ3n) is 9.11. The van der Waals surface area contributed by atoms with Gasteiger partial charge in [-0.1, -0.05) is 12.1 Å². The van der Waals surface area contributed by atoms with Gasteiger partial charge in [0.15, 0.2) is 5.65 Å². The van der Waals surface area contributed by atoms with Crippen LogP contribution in [0.25, 0.3) is 26.1 Å². The van der Waals surface area contributed by atoms with Gasteiger partial charge in [0.2, 0.25) is 11.4 Å². The number of nitrogens with one attached hydrogen (secondary N) is 1. The van der Waals surface area contributed by atoms with Crippen LogP contribution >= 0.6 is 11.3 Å². The Morgan fingerprint density at radius 2 is 1.77 bits per heavy atom. The molecule has 3 aromatic heterocycles. The summed E-state index contributed by atoms with van der Waals surface area (Å²) in [4.78, 5) is 44.8. The maximum absolute atomic E-state index is 13.9. The van der Waals surface area contributed by atoms with Gasteiger partial charge in [0.1, 0.15) is 10.4 Å². The van der Waals surface area contributed by atoms with Crippen molar-refractivity contribution >= 4 is 49.3 Å². The molecule has 1 aliphatic carbocycles. The minimum atomic E-state index is -0.292. The number of thiazole rings is 1. The molecule has 1 N–H and O–H groups in total. The number of benzene rings is 1. The Morgan fingerprint density at radius 1 is 1.05 bits per heavy atom. The zero-order valence-corrected chi connectivity index (χ0v) is 23.6. The Hall–Kier alpha value is -3.08. The van der Waals surface area contributed by atoms with E-state index in [0.717, 1.165) is 62.1 Å². The van der Waals surface area contributed by atoms with E-state index in [1.165, 1.54) is 11.3 Å². The number of para-hydroxylation sites is 1. The molecule has 3 aliphatic rings. The molecular formula is C29H35N7O2S. The summed E-state index contributed by atoms with van der Waals surface area (Å²) in [7, 11) is 6.40. The highest BCUT2D eigenvalue weighted by Crippen LogP contribution is 2.34. The average Bonchev–Trinajstić information content (AvgIpc) is 3.59. The fourth-order valence-corrected chi connectivity index (χ4v) is 8.21. The molecule has 0 radical (unpaired) electrons. The summed E-state index contributed by atoms with van der Waals surface area (Å²) in [5.74, 6) is 1.62. The van der Waals surface area contributed by atoms with Crippen molar-refractivity contribution in [3.63, 3.8) is 0 Å². The third kappa shape index (κ3) is 4.20. The van der Waals surface area contributed by atoms with Crippen LogP contribution in [0.3, 0.4) is 0 Å². The molecule has 204 valence electrons. The van der Waals surface area contributed by atoms with E-state index in [2.05, 4.69) is 46.1 Å². The van der Waals surface area contributed by atoms with Gasteiger partial charge in [0, 0.05) is 44.5 Å². The van der Waals surface area contributed by atoms with Crippen LogP contribution in [0.2, 0.25) is 0 Å². The van der Waals surface area contributed by atoms with E-state index < -0.39 is 0 Å². The second-order valence-electron chi connectivity index (χ2n) is 11.9. The molecule has 2 aliphatic heterocycles. The molecule has 7 rings (SSSR count). The van der Waals surface area contributed by atoms with Crippen LogP contribution < -0.4 is 15.6 Å². The van der Waals surface area contributed by atoms with Gasteiger partial charge in [0.25, 0.3) is 5.91 Å². The molecule has 1 saturated carbocycles. The number of likely N-dealkylation sites (tertiary alicyclic amines) is 1. The molecule has 2 saturated heterocycles. The van der Waals surface area contributed by atoms with E-state index in [4.69, 9.17) is 4.98 Å². The summed E-state index contributed by atoms with van der Waals surface area (Å²) < 4.78 is 3.02. The number of anilines is 1. The first kappa shape index (κ1) is 24.9. The second kappa shape index (κ2) is 9.53. The largest absolute Gasteiger partial charge is 0.349 e. The predicted octanol–water partition coefficient (Wildman–Crippen LogP) is 3.06. The lowest BCUT2D eigenvalue weighted by Crippen LogP contribution is -2.43. The number of amides is 1. The van der Waals surface area contributed by atoms with Crippen LogP contribution in [0.15, 0.2) is 35.3 Å². The molecule has 1 amide bonds. The Balaban J connectivity index is 1.30. The molecule has 0 bridgehead atoms. The van der Waals surface area contributed by atoms with Crippen molar-refractivity contribution in [2.75, 3.05) is 52.2 Å². The molecule has 2 unspecified atom stereocenters. The lowest BCUT2D eigenvalue weighted by molar-refractivity contribution is 0.0917. The minimum absolute atomic E-state index is 0.0746. The molecule has 9 nitrogen and oxygen atoms in total. The van der Waals surface area contributed by atoms with Crippen molar-refractivity contribution in [3.8, 4) is 0 Å². The van der Waals surface area contributed by atoms with Crippen LogP contribution in [-0.2, 0) is 0 Å². The number of carbonyl (C=O) groups is 1. The summed E-state index contributed by atoms with van der Waals surface area (Å²) in [6, 6.07) is 8.66. The molecule has 1 aromatic carbocycles. The number of pyridine rings is 1. The van der Waals surface area contributed by atoms with Gasteiger partial charge in [-0.3, -0.25) is 14.0 Å². The number of carbonyl (C=O) groups excluding carboxylic acids is 1. The van der Waals surface area contributed by atoms with Crippen molar-refractivity contribution in [1.82, 2.24) is 29.5 Å². The molecule has 39 heavy (non-hydrogen) atoms. The van der Waals surface area contributed by atoms with Gasteiger partial charge in [-0.05, 0) is 70.8 Å². The van der Waals surface area contributed by atoms with E-state index in [9.17, 15) is 9.59 Å². The van der Waals surface area contributed by atoms with Crippen molar-refractivity contribution in [2.45, 2.75) is 37.8 Å². The van der Waals surface area contributed by atoms with E-state index in [1.54, 1.807) is 6.20 Å². The number of fused-ring (bicyclic) bond motifs is 6. The monoisotopic (exact) mass is 545 g/mol. The number of hydrogen-bond donors (Lipinski definition) is 1. The van der Waals surface area contributed by atoms with E-state index >= 15 is 0 Å².